The summed E-state index contributed by atoms with van der Waals surface area (Å²) in [5.74, 6) is 0.406. The molecule has 0 atom stereocenters. The Labute approximate surface area is 106 Å². The van der Waals surface area contributed by atoms with Crippen LogP contribution >= 0.6 is 0 Å². The van der Waals surface area contributed by atoms with E-state index in [0.29, 0.717) is 12.3 Å². The van der Waals surface area contributed by atoms with Crippen molar-refractivity contribution in [3.8, 4) is 16.9 Å². The third kappa shape index (κ3) is 2.37. The first kappa shape index (κ1) is 12.2. The summed E-state index contributed by atoms with van der Waals surface area (Å²) in [6.07, 6.45) is 1.72. The van der Waals surface area contributed by atoms with Crippen molar-refractivity contribution in [1.82, 2.24) is 4.98 Å². The number of hydrogen-bond acceptors (Lipinski definition) is 3. The number of H-pyrrole nitrogens is 1. The SMILES string of the molecule is CCOC(=O)c1[nH]ccc1-c1cccc(OC)c1. The molecule has 0 aliphatic rings. The summed E-state index contributed by atoms with van der Waals surface area (Å²) in [5.41, 5.74) is 2.19. The lowest BCUT2D eigenvalue weighted by Gasteiger charge is -2.06. The van der Waals surface area contributed by atoms with Gasteiger partial charge >= 0.3 is 5.97 Å². The minimum atomic E-state index is -0.347. The Bertz CT molecular complexity index is 545. The van der Waals surface area contributed by atoms with Crippen molar-refractivity contribution < 1.29 is 14.3 Å². The molecule has 1 aromatic carbocycles. The highest BCUT2D eigenvalue weighted by atomic mass is 16.5. The highest BCUT2D eigenvalue weighted by Crippen LogP contribution is 2.26. The van der Waals surface area contributed by atoms with Crippen LogP contribution in [0.2, 0.25) is 0 Å². The molecule has 0 saturated carbocycles. The summed E-state index contributed by atoms with van der Waals surface area (Å²) in [4.78, 5) is 14.7. The number of aromatic nitrogens is 1. The van der Waals surface area contributed by atoms with Crippen molar-refractivity contribution in [3.63, 3.8) is 0 Å². The van der Waals surface area contributed by atoms with Crippen molar-refractivity contribution in [2.24, 2.45) is 0 Å². The molecule has 4 nitrogen and oxygen atoms in total. The Kier molecular flexibility index (Phi) is 3.67. The second kappa shape index (κ2) is 5.40. The molecule has 0 amide bonds. The average Bonchev–Trinajstić information content (AvgIpc) is 2.88. The van der Waals surface area contributed by atoms with Gasteiger partial charge in [0.05, 0.1) is 13.7 Å². The van der Waals surface area contributed by atoms with Crippen LogP contribution in [0.1, 0.15) is 17.4 Å². The maximum absolute atomic E-state index is 11.8. The molecule has 0 bridgehead atoms. The van der Waals surface area contributed by atoms with Gasteiger partial charge in [0, 0.05) is 11.8 Å². The van der Waals surface area contributed by atoms with E-state index in [4.69, 9.17) is 9.47 Å². The molecule has 4 heteroatoms. The Balaban J connectivity index is 2.38. The van der Waals surface area contributed by atoms with Gasteiger partial charge in [-0.3, -0.25) is 0 Å². The normalized spacial score (nSPS) is 10.1. The molecule has 0 aliphatic carbocycles. The molecular formula is C14H15NO3. The maximum Gasteiger partial charge on any atom is 0.355 e. The number of carbonyl (C=O) groups excluding carboxylic acids is 1. The summed E-state index contributed by atoms with van der Waals surface area (Å²) in [6, 6.07) is 9.40. The third-order valence-electron chi connectivity index (χ3n) is 2.61. The van der Waals surface area contributed by atoms with Gasteiger partial charge in [-0.15, -0.1) is 0 Å². The van der Waals surface area contributed by atoms with Crippen molar-refractivity contribution in [3.05, 3.63) is 42.2 Å². The molecular weight excluding hydrogens is 230 g/mol. The van der Waals surface area contributed by atoms with E-state index in [-0.39, 0.29) is 5.97 Å². The summed E-state index contributed by atoms with van der Waals surface area (Å²) >= 11 is 0. The molecule has 94 valence electrons. The number of aromatic amines is 1. The molecule has 1 aromatic heterocycles. The van der Waals surface area contributed by atoms with Crippen LogP contribution in [0.4, 0.5) is 0 Å². The predicted molar refractivity (Wildman–Crippen MR) is 68.7 cm³/mol. The number of ether oxygens (including phenoxy) is 2. The zero-order chi connectivity index (χ0) is 13.0. The molecule has 0 unspecified atom stereocenters. The van der Waals surface area contributed by atoms with Crippen LogP contribution in [0.15, 0.2) is 36.5 Å². The van der Waals surface area contributed by atoms with Crippen LogP contribution in [-0.4, -0.2) is 24.7 Å². The van der Waals surface area contributed by atoms with Gasteiger partial charge in [0.2, 0.25) is 0 Å². The van der Waals surface area contributed by atoms with Gasteiger partial charge in [0.25, 0.3) is 0 Å². The first-order valence-corrected chi connectivity index (χ1v) is 5.75. The van der Waals surface area contributed by atoms with Crippen LogP contribution in [-0.2, 0) is 4.74 Å². The van der Waals surface area contributed by atoms with E-state index >= 15 is 0 Å². The van der Waals surface area contributed by atoms with Crippen LogP contribution in [0.3, 0.4) is 0 Å². The zero-order valence-corrected chi connectivity index (χ0v) is 10.4. The van der Waals surface area contributed by atoms with Gasteiger partial charge < -0.3 is 14.5 Å². The van der Waals surface area contributed by atoms with Crippen LogP contribution < -0.4 is 4.74 Å². The monoisotopic (exact) mass is 245 g/mol. The summed E-state index contributed by atoms with van der Waals surface area (Å²) in [6.45, 7) is 2.14. The standard InChI is InChI=1S/C14H15NO3/c1-3-18-14(16)13-12(7-8-15-13)10-5-4-6-11(9-10)17-2/h4-9,15H,3H2,1-2H3. The number of methoxy groups -OCH3 is 1. The number of esters is 1. The van der Waals surface area contributed by atoms with E-state index in [1.165, 1.54) is 0 Å². The third-order valence-corrected chi connectivity index (χ3v) is 2.61. The topological polar surface area (TPSA) is 51.3 Å². The van der Waals surface area contributed by atoms with Crippen molar-refractivity contribution in [2.45, 2.75) is 6.92 Å². The van der Waals surface area contributed by atoms with Gasteiger partial charge in [-0.05, 0) is 30.7 Å². The Morgan fingerprint density at radius 1 is 1.33 bits per heavy atom. The fourth-order valence-electron chi connectivity index (χ4n) is 1.77. The molecule has 0 spiro atoms. The molecule has 0 radical (unpaired) electrons. The van der Waals surface area contributed by atoms with Crippen LogP contribution in [0, 0.1) is 0 Å². The van der Waals surface area contributed by atoms with Gasteiger partial charge in [-0.25, -0.2) is 4.79 Å². The van der Waals surface area contributed by atoms with Gasteiger partial charge in [0.15, 0.2) is 0 Å². The molecule has 2 rings (SSSR count). The summed E-state index contributed by atoms with van der Waals surface area (Å²) in [5, 5.41) is 0. The predicted octanol–water partition coefficient (Wildman–Crippen LogP) is 2.87. The van der Waals surface area contributed by atoms with Crippen molar-refractivity contribution in [2.75, 3.05) is 13.7 Å². The highest BCUT2D eigenvalue weighted by molar-refractivity contribution is 5.95. The number of carbonyl (C=O) groups is 1. The number of benzene rings is 1. The largest absolute Gasteiger partial charge is 0.497 e. The first-order valence-electron chi connectivity index (χ1n) is 5.75. The molecule has 0 fully saturated rings. The summed E-state index contributed by atoms with van der Waals surface area (Å²) < 4.78 is 10.2. The Hall–Kier alpha value is -2.23. The molecule has 1 heterocycles. The average molecular weight is 245 g/mol. The van der Waals surface area contributed by atoms with Gasteiger partial charge in [-0.1, -0.05) is 12.1 Å². The quantitative estimate of drug-likeness (QED) is 0.843. The first-order chi connectivity index (χ1) is 8.76. The van der Waals surface area contributed by atoms with Crippen LogP contribution in [0.25, 0.3) is 11.1 Å². The Morgan fingerprint density at radius 3 is 2.89 bits per heavy atom. The molecule has 0 saturated heterocycles. The van der Waals surface area contributed by atoms with Crippen molar-refractivity contribution in [1.29, 1.82) is 0 Å². The fraction of sp³-hybridized carbons (Fsp3) is 0.214. The molecule has 0 aliphatic heterocycles. The van der Waals surface area contributed by atoms with Gasteiger partial charge in [0.1, 0.15) is 11.4 Å². The lowest BCUT2D eigenvalue weighted by molar-refractivity contribution is 0.0521. The highest BCUT2D eigenvalue weighted by Gasteiger charge is 2.15. The number of hydrogen-bond donors (Lipinski definition) is 1. The summed E-state index contributed by atoms with van der Waals surface area (Å²) in [7, 11) is 1.61. The van der Waals surface area contributed by atoms with E-state index in [9.17, 15) is 4.79 Å². The van der Waals surface area contributed by atoms with E-state index in [2.05, 4.69) is 4.98 Å². The molecule has 1 N–H and O–H groups in total. The second-order valence-corrected chi connectivity index (χ2v) is 3.72. The molecule has 2 aromatic rings. The fourth-order valence-corrected chi connectivity index (χ4v) is 1.77. The van der Waals surface area contributed by atoms with E-state index in [1.54, 1.807) is 20.2 Å². The minimum Gasteiger partial charge on any atom is -0.497 e. The maximum atomic E-state index is 11.8. The molecule has 18 heavy (non-hydrogen) atoms. The smallest absolute Gasteiger partial charge is 0.355 e. The van der Waals surface area contributed by atoms with Gasteiger partial charge in [-0.2, -0.15) is 0 Å². The Morgan fingerprint density at radius 2 is 2.17 bits per heavy atom. The number of rotatable bonds is 4. The van der Waals surface area contributed by atoms with Crippen LogP contribution in [0.5, 0.6) is 5.75 Å². The van der Waals surface area contributed by atoms with E-state index in [0.717, 1.165) is 16.9 Å². The zero-order valence-electron chi connectivity index (χ0n) is 10.4. The lowest BCUT2D eigenvalue weighted by Crippen LogP contribution is -2.06. The number of nitrogens with one attached hydrogen (secondary N) is 1. The minimum absolute atomic E-state index is 0.347. The van der Waals surface area contributed by atoms with Crippen molar-refractivity contribution >= 4 is 5.97 Å². The van der Waals surface area contributed by atoms with E-state index < -0.39 is 0 Å². The second-order valence-electron chi connectivity index (χ2n) is 3.72. The lowest BCUT2D eigenvalue weighted by atomic mass is 10.1. The van der Waals surface area contributed by atoms with E-state index in [1.807, 2.05) is 30.3 Å².